The molecule has 0 aliphatic heterocycles. The van der Waals surface area contributed by atoms with Crippen molar-refractivity contribution in [1.82, 2.24) is 5.32 Å². The molecule has 0 saturated carbocycles. The molecule has 0 fully saturated rings. The van der Waals surface area contributed by atoms with Crippen LogP contribution in [-0.2, 0) is 9.59 Å². The Morgan fingerprint density at radius 1 is 1.27 bits per heavy atom. The fourth-order valence-corrected chi connectivity index (χ4v) is 1.49. The Labute approximate surface area is 127 Å². The Morgan fingerprint density at radius 2 is 1.91 bits per heavy atom. The first kappa shape index (κ1) is 16.9. The number of hydrogen-bond donors (Lipinski definition) is 3. The van der Waals surface area contributed by atoms with Crippen LogP contribution in [0.5, 0.6) is 0 Å². The molecule has 1 rings (SSSR count). The van der Waals surface area contributed by atoms with Gasteiger partial charge in [0, 0.05) is 24.0 Å². The minimum Gasteiger partial charge on any atom is -0.481 e. The van der Waals surface area contributed by atoms with Gasteiger partial charge in [-0.25, -0.2) is 0 Å². The second-order valence-corrected chi connectivity index (χ2v) is 4.36. The smallest absolute Gasteiger partial charge is 0.305 e. The van der Waals surface area contributed by atoms with Gasteiger partial charge in [-0.05, 0) is 31.2 Å². The van der Waals surface area contributed by atoms with Crippen LogP contribution >= 0.6 is 0 Å². The zero-order chi connectivity index (χ0) is 16.5. The lowest BCUT2D eigenvalue weighted by molar-refractivity contribution is -0.136. The van der Waals surface area contributed by atoms with E-state index in [-0.39, 0.29) is 24.3 Å². The Balaban J connectivity index is 2.65. The third-order valence-corrected chi connectivity index (χ3v) is 2.64. The number of hydrogen-bond acceptors (Lipinski definition) is 5. The van der Waals surface area contributed by atoms with Crippen molar-refractivity contribution in [2.75, 3.05) is 11.9 Å². The van der Waals surface area contributed by atoms with Crippen molar-refractivity contribution in [2.24, 2.45) is 0 Å². The van der Waals surface area contributed by atoms with Gasteiger partial charge >= 0.3 is 5.97 Å². The molecule has 0 saturated heterocycles. The summed E-state index contributed by atoms with van der Waals surface area (Å²) in [4.78, 5) is 33.3. The number of Topliss-reactive ketones (excluding diaryl/α,β-unsaturated/α-hetero) is 1. The molecule has 0 aliphatic rings. The van der Waals surface area contributed by atoms with Crippen molar-refractivity contribution >= 4 is 23.3 Å². The molecule has 0 heterocycles. The van der Waals surface area contributed by atoms with Crippen molar-refractivity contribution in [1.29, 1.82) is 5.26 Å². The van der Waals surface area contributed by atoms with Gasteiger partial charge in [0.05, 0.1) is 6.42 Å². The predicted octanol–water partition coefficient (Wildman–Crippen LogP) is 1.30. The maximum atomic E-state index is 11.9. The first-order valence-corrected chi connectivity index (χ1v) is 6.42. The van der Waals surface area contributed by atoms with Crippen molar-refractivity contribution < 1.29 is 19.5 Å². The lowest BCUT2D eigenvalue weighted by Gasteiger charge is -2.05. The highest BCUT2D eigenvalue weighted by molar-refractivity contribution is 6.06. The number of nitrogens with one attached hydrogen (secondary N) is 2. The van der Waals surface area contributed by atoms with Crippen LogP contribution in [0.3, 0.4) is 0 Å². The summed E-state index contributed by atoms with van der Waals surface area (Å²) in [5.74, 6) is -1.69. The molecule has 1 amide bonds. The van der Waals surface area contributed by atoms with E-state index in [2.05, 4.69) is 10.6 Å². The summed E-state index contributed by atoms with van der Waals surface area (Å²) in [5.41, 5.74) is 0.784. The van der Waals surface area contributed by atoms with Crippen LogP contribution in [0, 0.1) is 11.3 Å². The summed E-state index contributed by atoms with van der Waals surface area (Å²) >= 11 is 0. The lowest BCUT2D eigenvalue weighted by Crippen LogP contribution is -2.18. The molecule has 1 aromatic carbocycles. The van der Waals surface area contributed by atoms with E-state index in [0.29, 0.717) is 11.3 Å². The predicted molar refractivity (Wildman–Crippen MR) is 79.0 cm³/mol. The molecule has 0 spiro atoms. The zero-order valence-electron chi connectivity index (χ0n) is 11.9. The monoisotopic (exact) mass is 301 g/mol. The van der Waals surface area contributed by atoms with E-state index in [0.717, 1.165) is 0 Å². The maximum absolute atomic E-state index is 11.9. The summed E-state index contributed by atoms with van der Waals surface area (Å²) < 4.78 is 0. The van der Waals surface area contributed by atoms with Crippen LogP contribution in [0.1, 0.15) is 23.7 Å². The van der Waals surface area contributed by atoms with Gasteiger partial charge in [0.25, 0.3) is 5.91 Å². The maximum Gasteiger partial charge on any atom is 0.305 e. The fraction of sp³-hybridized carbons (Fsp3) is 0.200. The number of anilines is 1. The molecule has 0 aromatic heterocycles. The third-order valence-electron chi connectivity index (χ3n) is 2.64. The van der Waals surface area contributed by atoms with E-state index in [9.17, 15) is 14.4 Å². The molecule has 0 atom stereocenters. The van der Waals surface area contributed by atoms with Crippen LogP contribution in [-0.4, -0.2) is 29.3 Å². The van der Waals surface area contributed by atoms with Crippen molar-refractivity contribution in [3.8, 4) is 6.07 Å². The fourth-order valence-electron chi connectivity index (χ4n) is 1.49. The Morgan fingerprint density at radius 3 is 2.41 bits per heavy atom. The first-order valence-electron chi connectivity index (χ1n) is 6.42. The standard InChI is InChI=1S/C15H15N3O4/c1-10(19)11-2-4-13(5-3-11)18-15(22)12(8-16)9-17-7-6-14(20)21/h2-5,9,17H,6-7H2,1H3,(H,18,22)(H,20,21)/b12-9-. The summed E-state index contributed by atoms with van der Waals surface area (Å²) in [6, 6.07) is 7.98. The minimum atomic E-state index is -0.977. The number of amides is 1. The second kappa shape index (κ2) is 8.21. The second-order valence-electron chi connectivity index (χ2n) is 4.36. The summed E-state index contributed by atoms with van der Waals surface area (Å²) in [5, 5.41) is 22.5. The number of carbonyl (C=O) groups excluding carboxylic acids is 2. The number of carboxylic acid groups (broad SMARTS) is 1. The molecule has 22 heavy (non-hydrogen) atoms. The van der Waals surface area contributed by atoms with E-state index >= 15 is 0 Å². The summed E-state index contributed by atoms with van der Waals surface area (Å²) in [6.07, 6.45) is 1.05. The molecule has 0 radical (unpaired) electrons. The van der Waals surface area contributed by atoms with Crippen molar-refractivity contribution in [3.05, 3.63) is 41.6 Å². The van der Waals surface area contributed by atoms with Crippen LogP contribution in [0.2, 0.25) is 0 Å². The molecule has 1 aromatic rings. The van der Waals surface area contributed by atoms with Crippen molar-refractivity contribution in [2.45, 2.75) is 13.3 Å². The van der Waals surface area contributed by atoms with E-state index in [1.165, 1.54) is 13.1 Å². The Kier molecular flexibility index (Phi) is 6.32. The van der Waals surface area contributed by atoms with E-state index in [4.69, 9.17) is 10.4 Å². The molecule has 0 unspecified atom stereocenters. The Bertz CT molecular complexity index is 642. The molecule has 114 valence electrons. The third kappa shape index (κ3) is 5.46. The molecular formula is C15H15N3O4. The number of carboxylic acids is 1. The number of aliphatic carboxylic acids is 1. The molecule has 0 aliphatic carbocycles. The highest BCUT2D eigenvalue weighted by atomic mass is 16.4. The number of benzene rings is 1. The van der Waals surface area contributed by atoms with Gasteiger partial charge in [-0.2, -0.15) is 5.26 Å². The number of carbonyl (C=O) groups is 3. The minimum absolute atomic E-state index is 0.0851. The van der Waals surface area contributed by atoms with Gasteiger partial charge in [-0.3, -0.25) is 14.4 Å². The molecule has 7 nitrogen and oxygen atoms in total. The van der Waals surface area contributed by atoms with E-state index in [1.807, 2.05) is 0 Å². The number of nitrogens with zero attached hydrogens (tertiary/aromatic N) is 1. The van der Waals surface area contributed by atoms with Gasteiger partial charge < -0.3 is 15.7 Å². The van der Waals surface area contributed by atoms with E-state index < -0.39 is 11.9 Å². The van der Waals surface area contributed by atoms with Gasteiger partial charge in [0.2, 0.25) is 0 Å². The highest BCUT2D eigenvalue weighted by Gasteiger charge is 2.09. The molecule has 7 heteroatoms. The number of rotatable bonds is 7. The van der Waals surface area contributed by atoms with E-state index in [1.54, 1.807) is 30.3 Å². The average Bonchev–Trinajstić information content (AvgIpc) is 2.47. The van der Waals surface area contributed by atoms with Gasteiger partial charge in [0.15, 0.2) is 5.78 Å². The number of ketones is 1. The Hall–Kier alpha value is -3.14. The van der Waals surface area contributed by atoms with Crippen LogP contribution < -0.4 is 10.6 Å². The topological polar surface area (TPSA) is 119 Å². The number of nitriles is 1. The largest absolute Gasteiger partial charge is 0.481 e. The molecule has 0 bridgehead atoms. The summed E-state index contributed by atoms with van der Waals surface area (Å²) in [6.45, 7) is 1.55. The molecule has 3 N–H and O–H groups in total. The zero-order valence-corrected chi connectivity index (χ0v) is 11.9. The molecular weight excluding hydrogens is 286 g/mol. The average molecular weight is 301 g/mol. The van der Waals surface area contributed by atoms with Crippen molar-refractivity contribution in [3.63, 3.8) is 0 Å². The van der Waals surface area contributed by atoms with Crippen LogP contribution in [0.4, 0.5) is 5.69 Å². The lowest BCUT2D eigenvalue weighted by atomic mass is 10.1. The van der Waals surface area contributed by atoms with Crippen LogP contribution in [0.25, 0.3) is 0 Å². The highest BCUT2D eigenvalue weighted by Crippen LogP contribution is 2.11. The SMILES string of the molecule is CC(=O)c1ccc(NC(=O)/C(C#N)=C\NCCC(=O)O)cc1. The van der Waals surface area contributed by atoms with Crippen LogP contribution in [0.15, 0.2) is 36.0 Å². The van der Waals surface area contributed by atoms with Gasteiger partial charge in [-0.1, -0.05) is 0 Å². The quantitative estimate of drug-likeness (QED) is 0.302. The summed E-state index contributed by atoms with van der Waals surface area (Å²) in [7, 11) is 0. The van der Waals surface area contributed by atoms with Gasteiger partial charge in [-0.15, -0.1) is 0 Å². The first-order chi connectivity index (χ1) is 10.4. The van der Waals surface area contributed by atoms with Gasteiger partial charge in [0.1, 0.15) is 11.6 Å². The normalized spacial score (nSPS) is 10.5.